The molecule has 1 amide bonds. The van der Waals surface area contributed by atoms with Gasteiger partial charge in [-0.25, -0.2) is 13.9 Å². The zero-order valence-electron chi connectivity index (χ0n) is 23.6. The van der Waals surface area contributed by atoms with Gasteiger partial charge in [0.15, 0.2) is 0 Å². The van der Waals surface area contributed by atoms with E-state index in [1.165, 1.54) is 5.56 Å². The standard InChI is InChI=1S/C31H31N4O3.BF4/c1-32-18-19-33(23-32)20-21-38-30(37)25-12-13-27-28(22-25)35-29(36)14-16-31(35,26-10-6-3-7-11-26)34(27)17-15-24-8-4-2-5-9-24;2-1(3,4)5/h2-13,18-19,22-23H,14-17,20-21H2,1H3;/q+1;-1. The average molecular weight is 594 g/mol. The Hall–Kier alpha value is -4.61. The summed E-state index contributed by atoms with van der Waals surface area (Å²) in [6, 6.07) is 26.3. The molecular formula is C31H31BF4N4O3. The van der Waals surface area contributed by atoms with Crippen molar-refractivity contribution in [2.24, 2.45) is 7.05 Å². The van der Waals surface area contributed by atoms with Crippen LogP contribution in [0.25, 0.3) is 0 Å². The van der Waals surface area contributed by atoms with E-state index in [9.17, 15) is 26.9 Å². The monoisotopic (exact) mass is 594 g/mol. The molecule has 0 saturated carbocycles. The molecule has 1 unspecified atom stereocenters. The molecular weight excluding hydrogens is 563 g/mol. The van der Waals surface area contributed by atoms with E-state index in [2.05, 4.69) is 41.3 Å². The van der Waals surface area contributed by atoms with Crippen LogP contribution in [0.15, 0.2) is 97.6 Å². The predicted octanol–water partition coefficient (Wildman–Crippen LogP) is 5.51. The number of rotatable bonds is 8. The molecule has 3 aromatic carbocycles. The molecule has 12 heteroatoms. The van der Waals surface area contributed by atoms with Gasteiger partial charge in [-0.1, -0.05) is 60.7 Å². The van der Waals surface area contributed by atoms with Gasteiger partial charge in [0, 0.05) is 19.4 Å². The lowest BCUT2D eigenvalue weighted by molar-refractivity contribution is -0.671. The van der Waals surface area contributed by atoms with Gasteiger partial charge in [0.2, 0.25) is 12.2 Å². The van der Waals surface area contributed by atoms with Gasteiger partial charge in [-0.15, -0.1) is 0 Å². The number of carbonyl (C=O) groups excluding carboxylic acids is 2. The first kappa shape index (κ1) is 29.9. The molecule has 43 heavy (non-hydrogen) atoms. The Balaban J connectivity index is 0.000000682. The summed E-state index contributed by atoms with van der Waals surface area (Å²) >= 11 is 0. The Morgan fingerprint density at radius 2 is 1.63 bits per heavy atom. The number of halogens is 4. The predicted molar refractivity (Wildman–Crippen MR) is 155 cm³/mol. The maximum Gasteiger partial charge on any atom is 0.673 e. The fraction of sp³-hybridized carbons (Fsp3) is 0.258. The Morgan fingerprint density at radius 3 is 2.28 bits per heavy atom. The molecule has 0 spiro atoms. The number of hydrogen-bond donors (Lipinski definition) is 0. The van der Waals surface area contributed by atoms with Crippen molar-refractivity contribution in [1.29, 1.82) is 0 Å². The third-order valence-electron chi connectivity index (χ3n) is 7.61. The van der Waals surface area contributed by atoms with Crippen LogP contribution in [0.1, 0.15) is 34.3 Å². The van der Waals surface area contributed by atoms with Gasteiger partial charge in [-0.3, -0.25) is 9.69 Å². The first-order valence-electron chi connectivity index (χ1n) is 14.0. The summed E-state index contributed by atoms with van der Waals surface area (Å²) in [7, 11) is -4.05. The Kier molecular flexibility index (Phi) is 8.56. The SMILES string of the molecule is C[n+]1ccn(CCOC(=O)c2ccc3c(c2)N2C(=O)CCC2(c2ccccc2)N3CCc2ccccc2)c1.F[B-](F)(F)F. The van der Waals surface area contributed by atoms with Crippen molar-refractivity contribution in [2.45, 2.75) is 31.5 Å². The Labute approximate surface area is 247 Å². The van der Waals surface area contributed by atoms with Gasteiger partial charge in [0.25, 0.3) is 0 Å². The lowest BCUT2D eigenvalue weighted by atomic mass is 9.94. The van der Waals surface area contributed by atoms with E-state index in [0.717, 1.165) is 29.9 Å². The molecule has 1 fully saturated rings. The zero-order chi connectivity index (χ0) is 30.6. The molecule has 7 nitrogen and oxygen atoms in total. The highest BCUT2D eigenvalue weighted by molar-refractivity contribution is 6.50. The van der Waals surface area contributed by atoms with Crippen molar-refractivity contribution in [1.82, 2.24) is 4.57 Å². The van der Waals surface area contributed by atoms with Crippen LogP contribution >= 0.6 is 0 Å². The van der Waals surface area contributed by atoms with Crippen LogP contribution in [0.2, 0.25) is 0 Å². The highest BCUT2D eigenvalue weighted by Crippen LogP contribution is 2.56. The van der Waals surface area contributed by atoms with E-state index in [0.29, 0.717) is 24.9 Å². The number of carbonyl (C=O) groups is 2. The molecule has 2 aliphatic heterocycles. The molecule has 1 atom stereocenters. The fourth-order valence-corrected chi connectivity index (χ4v) is 5.84. The fourth-order valence-electron chi connectivity index (χ4n) is 5.84. The van der Waals surface area contributed by atoms with E-state index < -0.39 is 12.9 Å². The second-order valence-electron chi connectivity index (χ2n) is 10.5. The smallest absolute Gasteiger partial charge is 0.458 e. The number of aryl methyl sites for hydroxylation is 1. The molecule has 224 valence electrons. The van der Waals surface area contributed by atoms with Crippen molar-refractivity contribution in [3.05, 3.63) is 114 Å². The normalized spacial score (nSPS) is 17.3. The summed E-state index contributed by atoms with van der Waals surface area (Å²) in [5.74, 6) is -0.313. The summed E-state index contributed by atoms with van der Waals surface area (Å²) in [6.07, 6.45) is 7.81. The maximum atomic E-state index is 13.4. The number of anilines is 2. The van der Waals surface area contributed by atoms with Gasteiger partial charge in [0.1, 0.15) is 31.2 Å². The summed E-state index contributed by atoms with van der Waals surface area (Å²) in [6.45, 7) is 1.59. The summed E-state index contributed by atoms with van der Waals surface area (Å²) in [5.41, 5.74) is 3.91. The number of imidazole rings is 1. The lowest BCUT2D eigenvalue weighted by Gasteiger charge is -2.41. The number of amides is 1. The minimum atomic E-state index is -6.00. The molecule has 0 bridgehead atoms. The number of aromatic nitrogens is 2. The highest BCUT2D eigenvalue weighted by Gasteiger charge is 2.57. The molecule has 1 saturated heterocycles. The van der Waals surface area contributed by atoms with Crippen molar-refractivity contribution in [3.63, 3.8) is 0 Å². The molecule has 1 aromatic heterocycles. The van der Waals surface area contributed by atoms with E-state index in [1.54, 1.807) is 0 Å². The minimum Gasteiger partial charge on any atom is -0.458 e. The number of nitrogens with zero attached hydrogens (tertiary/aromatic N) is 4. The van der Waals surface area contributed by atoms with Crippen LogP contribution in [0, 0.1) is 0 Å². The van der Waals surface area contributed by atoms with Crippen molar-refractivity contribution >= 4 is 30.5 Å². The molecule has 0 radical (unpaired) electrons. The van der Waals surface area contributed by atoms with Gasteiger partial charge in [-0.2, -0.15) is 0 Å². The van der Waals surface area contributed by atoms with Crippen molar-refractivity contribution < 1.29 is 36.2 Å². The summed E-state index contributed by atoms with van der Waals surface area (Å²) in [4.78, 5) is 30.7. The van der Waals surface area contributed by atoms with Gasteiger partial charge >= 0.3 is 13.2 Å². The average Bonchev–Trinajstić information content (AvgIpc) is 3.64. The van der Waals surface area contributed by atoms with Crippen molar-refractivity contribution in [3.8, 4) is 0 Å². The molecule has 0 aliphatic carbocycles. The first-order chi connectivity index (χ1) is 20.6. The van der Waals surface area contributed by atoms with E-state index >= 15 is 0 Å². The van der Waals surface area contributed by atoms with Gasteiger partial charge < -0.3 is 26.9 Å². The van der Waals surface area contributed by atoms with Gasteiger partial charge in [-0.05, 0) is 35.7 Å². The molecule has 6 rings (SSSR count). The number of benzene rings is 3. The van der Waals surface area contributed by atoms with E-state index in [-0.39, 0.29) is 18.5 Å². The maximum absolute atomic E-state index is 13.4. The topological polar surface area (TPSA) is 58.7 Å². The third kappa shape index (κ3) is 6.58. The van der Waals surface area contributed by atoms with Crippen LogP contribution in [-0.4, -0.2) is 36.8 Å². The number of esters is 1. The number of fused-ring (bicyclic) bond motifs is 3. The van der Waals surface area contributed by atoms with E-state index in [1.807, 2.05) is 82.3 Å². The third-order valence-corrected chi connectivity index (χ3v) is 7.61. The summed E-state index contributed by atoms with van der Waals surface area (Å²) in [5, 5.41) is 0. The second kappa shape index (κ2) is 12.3. The van der Waals surface area contributed by atoms with E-state index in [4.69, 9.17) is 4.74 Å². The number of hydrogen-bond acceptors (Lipinski definition) is 4. The Morgan fingerprint density at radius 1 is 0.953 bits per heavy atom. The molecule has 0 N–H and O–H groups in total. The largest absolute Gasteiger partial charge is 0.673 e. The Bertz CT molecular complexity index is 1580. The van der Waals surface area contributed by atoms with Crippen LogP contribution in [0.4, 0.5) is 28.6 Å². The molecule has 4 aromatic rings. The van der Waals surface area contributed by atoms with Crippen LogP contribution in [0.5, 0.6) is 0 Å². The zero-order valence-corrected chi connectivity index (χ0v) is 23.6. The summed E-state index contributed by atoms with van der Waals surface area (Å²) < 4.78 is 48.5. The van der Waals surface area contributed by atoms with Crippen LogP contribution < -0.4 is 14.4 Å². The highest BCUT2D eigenvalue weighted by atomic mass is 19.5. The minimum absolute atomic E-state index is 0.0725. The number of ether oxygens (including phenoxy) is 1. The van der Waals surface area contributed by atoms with Crippen LogP contribution in [0.3, 0.4) is 0 Å². The van der Waals surface area contributed by atoms with Crippen LogP contribution in [-0.2, 0) is 35.2 Å². The van der Waals surface area contributed by atoms with Gasteiger partial charge in [0.05, 0.1) is 24.0 Å². The second-order valence-corrected chi connectivity index (χ2v) is 10.5. The van der Waals surface area contributed by atoms with Crippen molar-refractivity contribution in [2.75, 3.05) is 23.0 Å². The lowest BCUT2D eigenvalue weighted by Crippen LogP contribution is -2.52. The quantitative estimate of drug-likeness (QED) is 0.117. The molecule has 3 heterocycles. The molecule has 2 aliphatic rings. The first-order valence-corrected chi connectivity index (χ1v) is 14.0.